The van der Waals surface area contributed by atoms with Crippen LogP contribution in [0.5, 0.6) is 5.88 Å². The third-order valence-corrected chi connectivity index (χ3v) is 2.91. The number of alkyl halides is 3. The number of nitrogens with zero attached hydrogens (tertiary/aromatic N) is 1. The Morgan fingerprint density at radius 3 is 2.89 bits per heavy atom. The van der Waals surface area contributed by atoms with Gasteiger partial charge in [0.2, 0.25) is 5.88 Å². The van der Waals surface area contributed by atoms with Crippen molar-refractivity contribution >= 4 is 0 Å². The summed E-state index contributed by atoms with van der Waals surface area (Å²) in [5.74, 6) is 0.0252. The molecule has 0 bridgehead atoms. The lowest BCUT2D eigenvalue weighted by Gasteiger charge is -2.23. The Hall–Kier alpha value is -1.30. The number of pyridine rings is 1. The first-order valence-corrected chi connectivity index (χ1v) is 5.95. The maximum atomic E-state index is 12.5. The van der Waals surface area contributed by atoms with E-state index in [4.69, 9.17) is 4.74 Å². The van der Waals surface area contributed by atoms with Gasteiger partial charge in [-0.15, -0.1) is 0 Å². The van der Waals surface area contributed by atoms with Gasteiger partial charge in [-0.05, 0) is 25.5 Å². The van der Waals surface area contributed by atoms with Gasteiger partial charge in [0.25, 0.3) is 0 Å². The molecule has 0 aromatic carbocycles. The van der Waals surface area contributed by atoms with Gasteiger partial charge in [0.1, 0.15) is 6.61 Å². The fourth-order valence-electron chi connectivity index (χ4n) is 1.92. The monoisotopic (exact) mass is 260 g/mol. The number of ether oxygens (including phenoxy) is 1. The first kappa shape index (κ1) is 13.1. The van der Waals surface area contributed by atoms with Crippen molar-refractivity contribution in [1.82, 2.24) is 10.3 Å². The van der Waals surface area contributed by atoms with Crippen molar-refractivity contribution in [2.45, 2.75) is 31.5 Å². The predicted octanol–water partition coefficient (Wildman–Crippen LogP) is 2.62. The summed E-state index contributed by atoms with van der Waals surface area (Å²) in [4.78, 5) is 3.79. The number of piperidine rings is 1. The van der Waals surface area contributed by atoms with E-state index in [9.17, 15) is 13.2 Å². The standard InChI is InChI=1S/C12H15F3N2O/c13-12(14,15)9-4-6-17-11(7-9)18-8-10-3-1-2-5-16-10/h4,6-7,10,16H,1-3,5,8H2. The molecule has 0 aliphatic carbocycles. The highest BCUT2D eigenvalue weighted by Crippen LogP contribution is 2.30. The van der Waals surface area contributed by atoms with Crippen LogP contribution in [-0.2, 0) is 6.18 Å². The Balaban J connectivity index is 1.92. The van der Waals surface area contributed by atoms with Crippen LogP contribution in [0, 0.1) is 0 Å². The van der Waals surface area contributed by atoms with Crippen LogP contribution in [0.4, 0.5) is 13.2 Å². The molecule has 3 nitrogen and oxygen atoms in total. The minimum absolute atomic E-state index is 0.0252. The minimum Gasteiger partial charge on any atom is -0.476 e. The van der Waals surface area contributed by atoms with E-state index < -0.39 is 11.7 Å². The summed E-state index contributed by atoms with van der Waals surface area (Å²) in [6, 6.07) is 2.07. The molecule has 1 fully saturated rings. The normalized spacial score (nSPS) is 20.7. The molecule has 1 unspecified atom stereocenters. The fraction of sp³-hybridized carbons (Fsp3) is 0.583. The average Bonchev–Trinajstić information content (AvgIpc) is 2.37. The molecule has 0 amide bonds. The van der Waals surface area contributed by atoms with Crippen LogP contribution in [0.25, 0.3) is 0 Å². The summed E-state index contributed by atoms with van der Waals surface area (Å²) < 4.78 is 42.7. The van der Waals surface area contributed by atoms with Crippen molar-refractivity contribution in [3.8, 4) is 5.88 Å². The zero-order chi connectivity index (χ0) is 13.0. The van der Waals surface area contributed by atoms with E-state index in [-0.39, 0.29) is 11.9 Å². The molecule has 6 heteroatoms. The molecule has 1 aromatic rings. The maximum absolute atomic E-state index is 12.5. The van der Waals surface area contributed by atoms with E-state index >= 15 is 0 Å². The van der Waals surface area contributed by atoms with Crippen molar-refractivity contribution in [2.24, 2.45) is 0 Å². The van der Waals surface area contributed by atoms with Gasteiger partial charge in [-0.3, -0.25) is 0 Å². The van der Waals surface area contributed by atoms with Crippen LogP contribution >= 0.6 is 0 Å². The number of halogens is 3. The lowest BCUT2D eigenvalue weighted by atomic mass is 10.1. The lowest BCUT2D eigenvalue weighted by molar-refractivity contribution is -0.137. The maximum Gasteiger partial charge on any atom is 0.416 e. The molecule has 1 N–H and O–H groups in total. The smallest absolute Gasteiger partial charge is 0.416 e. The van der Waals surface area contributed by atoms with Crippen LogP contribution in [-0.4, -0.2) is 24.2 Å². The van der Waals surface area contributed by atoms with E-state index in [1.54, 1.807) is 0 Å². The SMILES string of the molecule is FC(F)(F)c1ccnc(OCC2CCCCN2)c1. The molecule has 1 aromatic heterocycles. The molecule has 2 rings (SSSR count). The van der Waals surface area contributed by atoms with Crippen molar-refractivity contribution in [3.05, 3.63) is 23.9 Å². The van der Waals surface area contributed by atoms with Crippen LogP contribution < -0.4 is 10.1 Å². The van der Waals surface area contributed by atoms with E-state index in [0.29, 0.717) is 6.61 Å². The first-order chi connectivity index (χ1) is 8.55. The number of aromatic nitrogens is 1. The predicted molar refractivity (Wildman–Crippen MR) is 60.4 cm³/mol. The van der Waals surface area contributed by atoms with Crippen LogP contribution in [0.2, 0.25) is 0 Å². The van der Waals surface area contributed by atoms with Gasteiger partial charge >= 0.3 is 6.18 Å². The van der Waals surface area contributed by atoms with Gasteiger partial charge in [0.15, 0.2) is 0 Å². The zero-order valence-corrected chi connectivity index (χ0v) is 9.83. The largest absolute Gasteiger partial charge is 0.476 e. The summed E-state index contributed by atoms with van der Waals surface area (Å²) in [7, 11) is 0. The van der Waals surface area contributed by atoms with Crippen molar-refractivity contribution in [3.63, 3.8) is 0 Å². The van der Waals surface area contributed by atoms with Gasteiger partial charge < -0.3 is 10.1 Å². The molecule has 0 radical (unpaired) electrons. The second kappa shape index (κ2) is 5.56. The number of nitrogens with one attached hydrogen (secondary N) is 1. The second-order valence-corrected chi connectivity index (χ2v) is 4.34. The Morgan fingerprint density at radius 1 is 1.39 bits per heavy atom. The van der Waals surface area contributed by atoms with Crippen molar-refractivity contribution < 1.29 is 17.9 Å². The number of hydrogen-bond acceptors (Lipinski definition) is 3. The van der Waals surface area contributed by atoms with E-state index in [0.717, 1.165) is 44.1 Å². The average molecular weight is 260 g/mol. The van der Waals surface area contributed by atoms with Crippen LogP contribution in [0.15, 0.2) is 18.3 Å². The fourth-order valence-corrected chi connectivity index (χ4v) is 1.92. The Kier molecular flexibility index (Phi) is 4.06. The topological polar surface area (TPSA) is 34.1 Å². The Morgan fingerprint density at radius 2 is 2.22 bits per heavy atom. The van der Waals surface area contributed by atoms with E-state index in [1.165, 1.54) is 0 Å². The van der Waals surface area contributed by atoms with Crippen molar-refractivity contribution in [1.29, 1.82) is 0 Å². The highest BCUT2D eigenvalue weighted by molar-refractivity contribution is 5.22. The molecule has 100 valence electrons. The van der Waals surface area contributed by atoms with E-state index in [2.05, 4.69) is 10.3 Å². The van der Waals surface area contributed by atoms with Crippen LogP contribution in [0.3, 0.4) is 0 Å². The summed E-state index contributed by atoms with van der Waals surface area (Å²) in [5, 5.41) is 3.26. The highest BCUT2D eigenvalue weighted by Gasteiger charge is 2.31. The molecule has 2 heterocycles. The molecule has 1 atom stereocenters. The molecule has 1 aliphatic heterocycles. The zero-order valence-electron chi connectivity index (χ0n) is 9.83. The van der Waals surface area contributed by atoms with Crippen molar-refractivity contribution in [2.75, 3.05) is 13.2 Å². The summed E-state index contributed by atoms with van der Waals surface area (Å²) in [5.41, 5.74) is -0.732. The number of rotatable bonds is 3. The van der Waals surface area contributed by atoms with Gasteiger partial charge in [0.05, 0.1) is 5.56 Å². The summed E-state index contributed by atoms with van der Waals surface area (Å²) in [6.45, 7) is 1.29. The highest BCUT2D eigenvalue weighted by atomic mass is 19.4. The third-order valence-electron chi connectivity index (χ3n) is 2.91. The minimum atomic E-state index is -4.36. The van der Waals surface area contributed by atoms with Crippen LogP contribution in [0.1, 0.15) is 24.8 Å². The molecule has 0 saturated carbocycles. The Labute approximate surface area is 103 Å². The first-order valence-electron chi connectivity index (χ1n) is 5.95. The van der Waals surface area contributed by atoms with Gasteiger partial charge in [0, 0.05) is 18.3 Å². The molecule has 1 aliphatic rings. The summed E-state index contributed by atoms with van der Waals surface area (Å²) >= 11 is 0. The molecule has 0 spiro atoms. The summed E-state index contributed by atoms with van der Waals surface area (Å²) in [6.07, 6.45) is 0.00487. The Bertz CT molecular complexity index is 389. The van der Waals surface area contributed by atoms with Gasteiger partial charge in [-0.2, -0.15) is 13.2 Å². The molecular formula is C12H15F3N2O. The number of hydrogen-bond donors (Lipinski definition) is 1. The lowest BCUT2D eigenvalue weighted by Crippen LogP contribution is -2.38. The molecule has 18 heavy (non-hydrogen) atoms. The molecular weight excluding hydrogens is 245 g/mol. The van der Waals surface area contributed by atoms with Gasteiger partial charge in [-0.1, -0.05) is 6.42 Å². The molecule has 1 saturated heterocycles. The third kappa shape index (κ3) is 3.60. The second-order valence-electron chi connectivity index (χ2n) is 4.34. The van der Waals surface area contributed by atoms with E-state index in [1.807, 2.05) is 0 Å². The quantitative estimate of drug-likeness (QED) is 0.907. The van der Waals surface area contributed by atoms with Gasteiger partial charge in [-0.25, -0.2) is 4.98 Å².